The fraction of sp³-hybridized carbons (Fsp3) is 0.500. The maximum atomic E-state index is 11.4. The summed E-state index contributed by atoms with van der Waals surface area (Å²) in [5.41, 5.74) is 6.23. The van der Waals surface area contributed by atoms with Gasteiger partial charge < -0.3 is 20.6 Å². The molecule has 0 spiro atoms. The molecule has 0 saturated heterocycles. The summed E-state index contributed by atoms with van der Waals surface area (Å²) in [4.78, 5) is 29.0. The molecule has 1 aromatic heterocycles. The highest BCUT2D eigenvalue weighted by atomic mass is 16.6. The molecule has 7 nitrogen and oxygen atoms in total. The number of nitrogens with zero attached hydrogens (tertiary/aromatic N) is 1. The second-order valence-electron chi connectivity index (χ2n) is 3.73. The number of H-pyrrole nitrogens is 1. The SMILES string of the molecule is CC(O)CC(=O)OC(=O)[C@@H](N)Cc1cnc[nH]1. The smallest absolute Gasteiger partial charge is 0.330 e. The number of aromatic amines is 1. The monoisotopic (exact) mass is 241 g/mol. The first-order chi connectivity index (χ1) is 7.99. The first kappa shape index (κ1) is 13.3. The van der Waals surface area contributed by atoms with Gasteiger partial charge in [-0.25, -0.2) is 9.78 Å². The van der Waals surface area contributed by atoms with Gasteiger partial charge in [-0.05, 0) is 6.92 Å². The van der Waals surface area contributed by atoms with Crippen molar-refractivity contribution in [1.82, 2.24) is 9.97 Å². The number of carbonyl (C=O) groups is 2. The number of aromatic nitrogens is 2. The molecule has 0 fully saturated rings. The Labute approximate surface area is 98.0 Å². The van der Waals surface area contributed by atoms with E-state index >= 15 is 0 Å². The summed E-state index contributed by atoms with van der Waals surface area (Å²) < 4.78 is 4.47. The van der Waals surface area contributed by atoms with Gasteiger partial charge >= 0.3 is 11.9 Å². The van der Waals surface area contributed by atoms with E-state index in [0.717, 1.165) is 0 Å². The molecule has 1 aromatic rings. The molecule has 7 heteroatoms. The fourth-order valence-electron chi connectivity index (χ4n) is 1.19. The Kier molecular flexibility index (Phi) is 4.80. The van der Waals surface area contributed by atoms with Crippen molar-refractivity contribution in [1.29, 1.82) is 0 Å². The zero-order valence-electron chi connectivity index (χ0n) is 9.42. The van der Waals surface area contributed by atoms with Crippen molar-refractivity contribution in [2.24, 2.45) is 5.73 Å². The van der Waals surface area contributed by atoms with E-state index in [4.69, 9.17) is 10.8 Å². The molecule has 4 N–H and O–H groups in total. The molecule has 1 heterocycles. The number of nitrogens with two attached hydrogens (primary N) is 1. The molecule has 1 unspecified atom stereocenters. The number of carbonyl (C=O) groups excluding carboxylic acids is 2. The highest BCUT2D eigenvalue weighted by Crippen LogP contribution is 2.00. The van der Waals surface area contributed by atoms with Crippen LogP contribution in [0.25, 0.3) is 0 Å². The molecule has 2 atom stereocenters. The van der Waals surface area contributed by atoms with E-state index in [-0.39, 0.29) is 12.8 Å². The lowest BCUT2D eigenvalue weighted by Gasteiger charge is -2.09. The van der Waals surface area contributed by atoms with Crippen molar-refractivity contribution in [2.45, 2.75) is 31.9 Å². The number of hydrogen-bond donors (Lipinski definition) is 3. The minimum Gasteiger partial charge on any atom is -0.393 e. The number of hydrogen-bond acceptors (Lipinski definition) is 6. The molecule has 17 heavy (non-hydrogen) atoms. The van der Waals surface area contributed by atoms with Gasteiger partial charge in [0, 0.05) is 18.3 Å². The van der Waals surface area contributed by atoms with Crippen LogP contribution < -0.4 is 5.73 Å². The molecule has 0 aliphatic rings. The lowest BCUT2D eigenvalue weighted by Crippen LogP contribution is -2.36. The van der Waals surface area contributed by atoms with E-state index in [9.17, 15) is 9.59 Å². The van der Waals surface area contributed by atoms with Gasteiger partial charge in [-0.2, -0.15) is 0 Å². The quantitative estimate of drug-likeness (QED) is 0.455. The van der Waals surface area contributed by atoms with Crippen LogP contribution in [0.15, 0.2) is 12.5 Å². The van der Waals surface area contributed by atoms with Crippen molar-refractivity contribution in [3.63, 3.8) is 0 Å². The molecule has 0 radical (unpaired) electrons. The largest absolute Gasteiger partial charge is 0.393 e. The van der Waals surface area contributed by atoms with Crippen LogP contribution in [0.1, 0.15) is 19.0 Å². The third-order valence-corrected chi connectivity index (χ3v) is 1.97. The summed E-state index contributed by atoms with van der Waals surface area (Å²) in [6.07, 6.45) is 2.12. The van der Waals surface area contributed by atoms with Crippen molar-refractivity contribution >= 4 is 11.9 Å². The van der Waals surface area contributed by atoms with E-state index in [0.29, 0.717) is 5.69 Å². The third-order valence-electron chi connectivity index (χ3n) is 1.97. The lowest BCUT2D eigenvalue weighted by atomic mass is 10.2. The van der Waals surface area contributed by atoms with E-state index in [1.807, 2.05) is 0 Å². The highest BCUT2D eigenvalue weighted by molar-refractivity contribution is 5.88. The van der Waals surface area contributed by atoms with Crippen molar-refractivity contribution in [3.8, 4) is 0 Å². The van der Waals surface area contributed by atoms with Crippen molar-refractivity contribution in [2.75, 3.05) is 0 Å². The van der Waals surface area contributed by atoms with E-state index in [1.165, 1.54) is 19.4 Å². The molecule has 0 bridgehead atoms. The Bertz CT molecular complexity index is 375. The zero-order valence-corrected chi connectivity index (χ0v) is 9.42. The summed E-state index contributed by atoms with van der Waals surface area (Å²) in [6, 6.07) is -0.937. The van der Waals surface area contributed by atoms with Crippen LogP contribution >= 0.6 is 0 Å². The number of aliphatic hydroxyl groups excluding tert-OH is 1. The second-order valence-corrected chi connectivity index (χ2v) is 3.73. The number of esters is 2. The minimum absolute atomic E-state index is 0.209. The van der Waals surface area contributed by atoms with Crippen LogP contribution in [-0.4, -0.2) is 39.2 Å². The number of nitrogens with one attached hydrogen (secondary N) is 1. The number of aliphatic hydroxyl groups is 1. The molecule has 0 amide bonds. The summed E-state index contributed by atoms with van der Waals surface area (Å²) in [6.45, 7) is 1.43. The van der Waals surface area contributed by atoms with Crippen molar-refractivity contribution in [3.05, 3.63) is 18.2 Å². The summed E-state index contributed by atoms with van der Waals surface area (Å²) in [5, 5.41) is 8.93. The van der Waals surface area contributed by atoms with E-state index < -0.39 is 24.1 Å². The van der Waals surface area contributed by atoms with Gasteiger partial charge in [0.25, 0.3) is 0 Å². The average molecular weight is 241 g/mol. The molecule has 94 valence electrons. The first-order valence-corrected chi connectivity index (χ1v) is 5.14. The Balaban J connectivity index is 2.39. The van der Waals surface area contributed by atoms with Crippen LogP contribution in [-0.2, 0) is 20.7 Å². The lowest BCUT2D eigenvalue weighted by molar-refractivity contribution is -0.161. The summed E-state index contributed by atoms with van der Waals surface area (Å²) in [5.74, 6) is -1.60. The molecule has 1 rings (SSSR count). The molecule has 0 saturated carbocycles. The maximum Gasteiger partial charge on any atom is 0.330 e. The summed E-state index contributed by atoms with van der Waals surface area (Å²) in [7, 11) is 0. The van der Waals surface area contributed by atoms with Crippen LogP contribution in [0.4, 0.5) is 0 Å². The molecule has 0 aliphatic carbocycles. The van der Waals surface area contributed by atoms with Crippen LogP contribution in [0.5, 0.6) is 0 Å². The van der Waals surface area contributed by atoms with Gasteiger partial charge in [-0.15, -0.1) is 0 Å². The van der Waals surface area contributed by atoms with Gasteiger partial charge in [0.1, 0.15) is 6.04 Å². The third kappa shape index (κ3) is 4.75. The Morgan fingerprint density at radius 1 is 1.65 bits per heavy atom. The molecule has 0 aliphatic heterocycles. The van der Waals surface area contributed by atoms with Gasteiger partial charge in [-0.3, -0.25) is 4.79 Å². The van der Waals surface area contributed by atoms with Gasteiger partial charge in [0.2, 0.25) is 0 Å². The zero-order chi connectivity index (χ0) is 12.8. The highest BCUT2D eigenvalue weighted by Gasteiger charge is 2.20. The predicted molar refractivity (Wildman–Crippen MR) is 57.7 cm³/mol. The van der Waals surface area contributed by atoms with Crippen LogP contribution in [0, 0.1) is 0 Å². The van der Waals surface area contributed by atoms with Gasteiger partial charge in [0.05, 0.1) is 18.9 Å². The average Bonchev–Trinajstić information content (AvgIpc) is 2.68. The maximum absolute atomic E-state index is 11.4. The van der Waals surface area contributed by atoms with E-state index in [2.05, 4.69) is 14.7 Å². The number of imidazole rings is 1. The van der Waals surface area contributed by atoms with Crippen LogP contribution in [0.2, 0.25) is 0 Å². The minimum atomic E-state index is -0.937. The van der Waals surface area contributed by atoms with Crippen LogP contribution in [0.3, 0.4) is 0 Å². The topological polar surface area (TPSA) is 118 Å². The standard InChI is InChI=1S/C10H15N3O4/c1-6(14)2-9(15)17-10(16)8(11)3-7-4-12-5-13-7/h4-6,8,14H,2-3,11H2,1H3,(H,12,13)/t6?,8-/m0/s1. The Morgan fingerprint density at radius 2 is 2.35 bits per heavy atom. The second kappa shape index (κ2) is 6.12. The fourth-order valence-corrected chi connectivity index (χ4v) is 1.19. The summed E-state index contributed by atoms with van der Waals surface area (Å²) >= 11 is 0. The molecular weight excluding hydrogens is 226 g/mol. The Morgan fingerprint density at radius 3 is 2.88 bits per heavy atom. The van der Waals surface area contributed by atoms with Gasteiger partial charge in [0.15, 0.2) is 0 Å². The number of rotatable bonds is 5. The van der Waals surface area contributed by atoms with Crippen molar-refractivity contribution < 1.29 is 19.4 Å². The first-order valence-electron chi connectivity index (χ1n) is 5.14. The van der Waals surface area contributed by atoms with Gasteiger partial charge in [-0.1, -0.05) is 0 Å². The predicted octanol–water partition coefficient (Wildman–Crippen LogP) is -0.880. The molecule has 0 aromatic carbocycles. The normalized spacial score (nSPS) is 14.1. The number of ether oxygens (including phenoxy) is 1. The van der Waals surface area contributed by atoms with E-state index in [1.54, 1.807) is 0 Å². The Hall–Kier alpha value is -1.73. The molecular formula is C10H15N3O4.